The molecule has 1 unspecified atom stereocenters. The molecule has 19 heavy (non-hydrogen) atoms. The Morgan fingerprint density at radius 1 is 1.42 bits per heavy atom. The molecule has 0 aliphatic heterocycles. The van der Waals surface area contributed by atoms with Crippen molar-refractivity contribution in [2.75, 3.05) is 12.5 Å². The number of rotatable bonds is 7. The van der Waals surface area contributed by atoms with Crippen molar-refractivity contribution in [1.82, 2.24) is 0 Å². The summed E-state index contributed by atoms with van der Waals surface area (Å²) in [7, 11) is -2.06. The van der Waals surface area contributed by atoms with Crippen LogP contribution in [0.5, 0.6) is 0 Å². The van der Waals surface area contributed by atoms with E-state index in [1.165, 1.54) is 0 Å². The third-order valence-corrected chi connectivity index (χ3v) is 5.27. The van der Waals surface area contributed by atoms with Crippen molar-refractivity contribution in [3.05, 3.63) is 60.3 Å². The highest BCUT2D eigenvalue weighted by molar-refractivity contribution is 6.83. The molecule has 0 radical (unpaired) electrons. The molecule has 0 aromatic heterocycles. The maximum Gasteiger partial charge on any atom is 0.309 e. The van der Waals surface area contributed by atoms with Gasteiger partial charge in [-0.3, -0.25) is 4.79 Å². The van der Waals surface area contributed by atoms with Crippen LogP contribution in [0.15, 0.2) is 54.8 Å². The predicted octanol–water partition coefficient (Wildman–Crippen LogP) is 2.20. The summed E-state index contributed by atoms with van der Waals surface area (Å²) in [4.78, 5) is 11.7. The van der Waals surface area contributed by atoms with Gasteiger partial charge in [0.15, 0.2) is 0 Å². The van der Waals surface area contributed by atoms with Gasteiger partial charge in [0.25, 0.3) is 0 Å². The first-order valence-electron chi connectivity index (χ1n) is 6.20. The van der Waals surface area contributed by atoms with Crippen molar-refractivity contribution in [1.29, 1.82) is 0 Å². The molecule has 0 bridgehead atoms. The van der Waals surface area contributed by atoms with Crippen LogP contribution in [0, 0.1) is 0 Å². The largest absolute Gasteiger partial charge is 0.469 e. The molecule has 0 aliphatic rings. The highest BCUT2D eigenvalue weighted by atomic mass is 28.3. The van der Waals surface area contributed by atoms with Crippen molar-refractivity contribution >= 4 is 14.0 Å². The van der Waals surface area contributed by atoms with E-state index in [0.717, 1.165) is 5.56 Å². The Balaban J connectivity index is 2.49. The molecule has 1 aromatic rings. The average Bonchev–Trinajstić information content (AvgIpc) is 2.44. The Labute approximate surface area is 115 Å². The number of hydrogen-bond acceptors (Lipinski definition) is 3. The number of ether oxygens (including phenoxy) is 1. The summed E-state index contributed by atoms with van der Waals surface area (Å²) in [5.74, 6) is -0.259. The van der Waals surface area contributed by atoms with Gasteiger partial charge in [0.2, 0.25) is 0 Å². The minimum absolute atomic E-state index is 0.0515. The van der Waals surface area contributed by atoms with E-state index in [1.54, 1.807) is 12.2 Å². The third-order valence-electron chi connectivity index (χ3n) is 2.75. The second kappa shape index (κ2) is 7.71. The molecule has 1 rings (SSSR count). The maximum absolute atomic E-state index is 11.7. The number of aliphatic hydroxyl groups excluding tert-OH is 1. The minimum atomic E-state index is -2.06. The zero-order valence-corrected chi connectivity index (χ0v) is 12.2. The van der Waals surface area contributed by atoms with Crippen LogP contribution in [0.4, 0.5) is 0 Å². The van der Waals surface area contributed by atoms with E-state index < -0.39 is 8.07 Å². The van der Waals surface area contributed by atoms with Crippen LogP contribution in [0.3, 0.4) is 0 Å². The van der Waals surface area contributed by atoms with Crippen LogP contribution in [0.25, 0.3) is 0 Å². The Hall–Kier alpha value is -1.65. The highest BCUT2D eigenvalue weighted by Gasteiger charge is 2.25. The minimum Gasteiger partial charge on any atom is -0.469 e. The molecule has 0 saturated carbocycles. The summed E-state index contributed by atoms with van der Waals surface area (Å²) in [5, 5.41) is 9.40. The summed E-state index contributed by atoms with van der Waals surface area (Å²) < 4.78 is 5.28. The molecule has 0 spiro atoms. The van der Waals surface area contributed by atoms with Crippen molar-refractivity contribution in [3.8, 4) is 0 Å². The van der Waals surface area contributed by atoms with Crippen LogP contribution in [0.2, 0.25) is 6.55 Å². The van der Waals surface area contributed by atoms with Gasteiger partial charge in [-0.1, -0.05) is 61.3 Å². The van der Waals surface area contributed by atoms with E-state index in [0.29, 0.717) is 6.23 Å². The number of aliphatic hydroxyl groups is 1. The summed E-state index contributed by atoms with van der Waals surface area (Å²) in [6.45, 7) is 5.56. The number of hydrogen-bond donors (Lipinski definition) is 1. The van der Waals surface area contributed by atoms with Gasteiger partial charge in [-0.15, -0.1) is 0 Å². The van der Waals surface area contributed by atoms with E-state index >= 15 is 0 Å². The first-order chi connectivity index (χ1) is 9.09. The zero-order valence-electron chi connectivity index (χ0n) is 11.2. The molecule has 1 aromatic carbocycles. The van der Waals surface area contributed by atoms with Crippen molar-refractivity contribution < 1.29 is 14.6 Å². The molecule has 102 valence electrons. The Morgan fingerprint density at radius 3 is 2.68 bits per heavy atom. The quantitative estimate of drug-likeness (QED) is 0.472. The van der Waals surface area contributed by atoms with Crippen LogP contribution in [-0.2, 0) is 16.0 Å². The lowest BCUT2D eigenvalue weighted by molar-refractivity contribution is -0.141. The monoisotopic (exact) mass is 276 g/mol. The molecular formula is C15H20O3Si. The normalized spacial score (nSPS) is 14.0. The summed E-state index contributed by atoms with van der Waals surface area (Å²) in [6, 6.07) is 9.47. The second-order valence-electron chi connectivity index (χ2n) is 4.73. The fourth-order valence-electron chi connectivity index (χ4n) is 1.51. The lowest BCUT2D eigenvalue weighted by Gasteiger charge is -2.20. The van der Waals surface area contributed by atoms with E-state index in [-0.39, 0.29) is 18.6 Å². The molecule has 3 nitrogen and oxygen atoms in total. The fraction of sp³-hybridized carbons (Fsp3) is 0.267. The molecule has 0 aliphatic carbocycles. The maximum atomic E-state index is 11.7. The lowest BCUT2D eigenvalue weighted by atomic mass is 10.2. The van der Waals surface area contributed by atoms with Gasteiger partial charge in [0.05, 0.1) is 12.7 Å². The first-order valence-corrected chi connectivity index (χ1v) is 9.19. The molecule has 0 heterocycles. The molecule has 1 atom stereocenters. The smallest absolute Gasteiger partial charge is 0.309 e. The summed E-state index contributed by atoms with van der Waals surface area (Å²) in [6.07, 6.45) is 4.07. The Bertz CT molecular complexity index is 442. The standard InChI is InChI=1S/C15H20O3Si/c1-3-4-10-19(2,12-16)13-18-15(17)11-14-8-6-5-7-9-14/h3-10,16H,1,11-13H2,2H3/b10-4+. The van der Waals surface area contributed by atoms with E-state index in [4.69, 9.17) is 4.74 Å². The lowest BCUT2D eigenvalue weighted by Crippen LogP contribution is -2.40. The fourth-order valence-corrected chi connectivity index (χ4v) is 2.89. The van der Waals surface area contributed by atoms with E-state index in [1.807, 2.05) is 42.6 Å². The van der Waals surface area contributed by atoms with Crippen LogP contribution >= 0.6 is 0 Å². The average molecular weight is 276 g/mol. The second-order valence-corrected chi connectivity index (χ2v) is 8.98. The van der Waals surface area contributed by atoms with Crippen molar-refractivity contribution in [3.63, 3.8) is 0 Å². The molecule has 0 amide bonds. The SMILES string of the molecule is C=C/C=C/[Si](C)(CO)COC(=O)Cc1ccccc1. The Morgan fingerprint density at radius 2 is 2.11 bits per heavy atom. The number of carbonyl (C=O) groups is 1. The van der Waals surface area contributed by atoms with E-state index in [2.05, 4.69) is 6.58 Å². The van der Waals surface area contributed by atoms with Crippen molar-refractivity contribution in [2.24, 2.45) is 0 Å². The molecule has 4 heteroatoms. The number of esters is 1. The van der Waals surface area contributed by atoms with E-state index in [9.17, 15) is 9.90 Å². The Kier molecular flexibility index (Phi) is 6.25. The van der Waals surface area contributed by atoms with Gasteiger partial charge < -0.3 is 9.84 Å². The third kappa shape index (κ3) is 5.68. The topological polar surface area (TPSA) is 46.5 Å². The molecule has 0 saturated heterocycles. The number of allylic oxidation sites excluding steroid dienone is 2. The summed E-state index contributed by atoms with van der Waals surface area (Å²) in [5.41, 5.74) is 2.86. The molecule has 1 N–H and O–H groups in total. The zero-order chi connectivity index (χ0) is 14.1. The number of benzene rings is 1. The van der Waals surface area contributed by atoms with Crippen molar-refractivity contribution in [2.45, 2.75) is 13.0 Å². The van der Waals surface area contributed by atoms with Gasteiger partial charge in [0.1, 0.15) is 8.07 Å². The first kappa shape index (κ1) is 15.4. The number of carbonyl (C=O) groups excluding carboxylic acids is 1. The molecule has 0 fully saturated rings. The van der Waals surface area contributed by atoms with Gasteiger partial charge in [-0.25, -0.2) is 0 Å². The van der Waals surface area contributed by atoms with Crippen LogP contribution < -0.4 is 0 Å². The molecular weight excluding hydrogens is 256 g/mol. The predicted molar refractivity (Wildman–Crippen MR) is 79.1 cm³/mol. The van der Waals surface area contributed by atoms with Gasteiger partial charge in [0, 0.05) is 6.23 Å². The van der Waals surface area contributed by atoms with Gasteiger partial charge in [-0.2, -0.15) is 0 Å². The summed E-state index contributed by atoms with van der Waals surface area (Å²) >= 11 is 0. The van der Waals surface area contributed by atoms with Crippen LogP contribution in [0.1, 0.15) is 5.56 Å². The van der Waals surface area contributed by atoms with Gasteiger partial charge in [-0.05, 0) is 5.56 Å². The van der Waals surface area contributed by atoms with Crippen LogP contribution in [-0.4, -0.2) is 31.6 Å². The highest BCUT2D eigenvalue weighted by Crippen LogP contribution is 2.07. The van der Waals surface area contributed by atoms with Gasteiger partial charge >= 0.3 is 5.97 Å².